The van der Waals surface area contributed by atoms with Crippen LogP contribution in [0.1, 0.15) is 18.4 Å². The molecule has 7 rings (SSSR count). The number of nitrogens with one attached hydrogen (secondary N) is 1. The van der Waals surface area contributed by atoms with Crippen LogP contribution in [0.5, 0.6) is 0 Å². The summed E-state index contributed by atoms with van der Waals surface area (Å²) >= 11 is 0. The van der Waals surface area contributed by atoms with E-state index in [1.54, 1.807) is 6.20 Å². The van der Waals surface area contributed by atoms with Crippen LogP contribution in [0, 0.1) is 6.92 Å². The van der Waals surface area contributed by atoms with Crippen molar-refractivity contribution in [3.63, 3.8) is 0 Å². The maximum atomic E-state index is 13.7. The number of carbonyl (C=O) groups excluding carboxylic acids is 1. The predicted molar refractivity (Wildman–Crippen MR) is 131 cm³/mol. The van der Waals surface area contributed by atoms with Crippen molar-refractivity contribution >= 4 is 23.2 Å². The molecule has 4 aromatic rings. The number of hydrogen-bond acceptors (Lipinski definition) is 6. The first kappa shape index (κ1) is 20.4. The molecule has 3 aromatic heterocycles. The quantitative estimate of drug-likeness (QED) is 0.464. The Kier molecular flexibility index (Phi) is 4.98. The number of fused-ring (bicyclic) bond motifs is 2. The zero-order chi connectivity index (χ0) is 23.1. The van der Waals surface area contributed by atoms with Crippen molar-refractivity contribution in [3.8, 4) is 22.6 Å². The molecular formula is C26H24N6O2. The lowest BCUT2D eigenvalue weighted by molar-refractivity contribution is 0.253. The van der Waals surface area contributed by atoms with E-state index < -0.39 is 0 Å². The number of pyridine rings is 2. The number of aromatic nitrogens is 3. The number of nitrogens with zero attached hydrogens (tertiary/aromatic N) is 5. The molecule has 34 heavy (non-hydrogen) atoms. The highest BCUT2D eigenvalue weighted by Crippen LogP contribution is 2.39. The molecule has 1 fully saturated rings. The van der Waals surface area contributed by atoms with Gasteiger partial charge in [0.15, 0.2) is 18.0 Å². The second-order valence-corrected chi connectivity index (χ2v) is 8.76. The Balaban J connectivity index is 1.37. The van der Waals surface area contributed by atoms with Crippen LogP contribution >= 0.6 is 0 Å². The first-order valence-electron chi connectivity index (χ1n) is 11.4. The summed E-state index contributed by atoms with van der Waals surface area (Å²) in [6.45, 7) is 3.84. The molecule has 0 spiro atoms. The number of urea groups is 1. The average molecular weight is 453 g/mol. The van der Waals surface area contributed by atoms with Crippen molar-refractivity contribution in [2.24, 2.45) is 0 Å². The Labute approximate surface area is 197 Å². The molecule has 1 saturated heterocycles. The molecule has 6 heterocycles. The summed E-state index contributed by atoms with van der Waals surface area (Å²) in [6, 6.07) is 13.7. The standard InChI is InChI=1S/C26H24N6O2/c1-17-11-19(14-27-13-17)22-5-6-23-25(30-22)32(21-7-9-31(23)10-8-21)26(33)29-20-4-2-3-18(12-20)24-15-28-16-34-24/h2-6,11-16,21H,7-10H2,1H3,(H,29,33). The molecule has 3 aliphatic rings. The summed E-state index contributed by atoms with van der Waals surface area (Å²) in [5.41, 5.74) is 5.36. The first-order valence-corrected chi connectivity index (χ1v) is 11.4. The Bertz CT molecular complexity index is 1350. The Hall–Kier alpha value is -4.20. The average Bonchev–Trinajstić information content (AvgIpc) is 3.30. The van der Waals surface area contributed by atoms with Crippen LogP contribution in [-0.4, -0.2) is 40.1 Å². The molecule has 2 amide bonds. The monoisotopic (exact) mass is 452 g/mol. The zero-order valence-electron chi connectivity index (χ0n) is 18.8. The van der Waals surface area contributed by atoms with E-state index in [4.69, 9.17) is 9.40 Å². The van der Waals surface area contributed by atoms with Gasteiger partial charge >= 0.3 is 6.03 Å². The highest BCUT2D eigenvalue weighted by molar-refractivity contribution is 6.04. The first-order chi connectivity index (χ1) is 16.7. The normalized spacial score (nSPS) is 15.2. The van der Waals surface area contributed by atoms with Crippen LogP contribution in [-0.2, 0) is 0 Å². The van der Waals surface area contributed by atoms with Gasteiger partial charge in [0, 0.05) is 48.3 Å². The summed E-state index contributed by atoms with van der Waals surface area (Å²) < 4.78 is 5.41. The van der Waals surface area contributed by atoms with Gasteiger partial charge in [0.1, 0.15) is 0 Å². The van der Waals surface area contributed by atoms with Crippen LogP contribution in [0.3, 0.4) is 0 Å². The molecule has 3 aliphatic heterocycles. The van der Waals surface area contributed by atoms with Crippen molar-refractivity contribution in [2.45, 2.75) is 25.8 Å². The minimum atomic E-state index is -0.184. The molecule has 2 bridgehead atoms. The zero-order valence-corrected chi connectivity index (χ0v) is 18.8. The largest absolute Gasteiger partial charge is 0.444 e. The van der Waals surface area contributed by atoms with Crippen LogP contribution in [0.25, 0.3) is 22.6 Å². The molecule has 1 aromatic carbocycles. The Morgan fingerprint density at radius 1 is 1.03 bits per heavy atom. The highest BCUT2D eigenvalue weighted by Gasteiger charge is 2.37. The van der Waals surface area contributed by atoms with Crippen LogP contribution < -0.4 is 15.1 Å². The fourth-order valence-electron chi connectivity index (χ4n) is 4.81. The van der Waals surface area contributed by atoms with Gasteiger partial charge in [-0.2, -0.15) is 0 Å². The lowest BCUT2D eigenvalue weighted by Gasteiger charge is -2.31. The van der Waals surface area contributed by atoms with E-state index in [0.717, 1.165) is 54.0 Å². The van der Waals surface area contributed by atoms with Gasteiger partial charge in [0.2, 0.25) is 0 Å². The summed E-state index contributed by atoms with van der Waals surface area (Å²) in [6.07, 6.45) is 8.50. The lowest BCUT2D eigenvalue weighted by Crippen LogP contribution is -2.46. The van der Waals surface area contributed by atoms with Gasteiger partial charge in [-0.15, -0.1) is 0 Å². The molecule has 1 N–H and O–H groups in total. The molecule has 8 heteroatoms. The van der Waals surface area contributed by atoms with Gasteiger partial charge < -0.3 is 14.6 Å². The van der Waals surface area contributed by atoms with Crippen LogP contribution in [0.4, 0.5) is 22.0 Å². The molecule has 0 saturated carbocycles. The minimum Gasteiger partial charge on any atom is -0.444 e. The number of aryl methyl sites for hydroxylation is 1. The maximum absolute atomic E-state index is 13.7. The van der Waals surface area contributed by atoms with Crippen LogP contribution in [0.2, 0.25) is 0 Å². The maximum Gasteiger partial charge on any atom is 0.327 e. The Morgan fingerprint density at radius 3 is 2.71 bits per heavy atom. The van der Waals surface area contributed by atoms with Gasteiger partial charge in [-0.05, 0) is 55.7 Å². The summed E-state index contributed by atoms with van der Waals surface area (Å²) in [7, 11) is 0. The van der Waals surface area contributed by atoms with Gasteiger partial charge in [0.05, 0.1) is 17.6 Å². The summed E-state index contributed by atoms with van der Waals surface area (Å²) in [4.78, 5) is 31.1. The van der Waals surface area contributed by atoms with Gasteiger partial charge in [-0.3, -0.25) is 9.88 Å². The van der Waals surface area contributed by atoms with Crippen molar-refractivity contribution in [1.82, 2.24) is 15.0 Å². The predicted octanol–water partition coefficient (Wildman–Crippen LogP) is 5.13. The van der Waals surface area contributed by atoms with E-state index in [9.17, 15) is 4.79 Å². The molecule has 170 valence electrons. The Morgan fingerprint density at radius 2 is 1.91 bits per heavy atom. The SMILES string of the molecule is Cc1cncc(-c2ccc3c(n2)N(C(=O)Nc2cccc(-c4cnco4)c2)C2CCN3CC2)c1. The third-order valence-electron chi connectivity index (χ3n) is 6.47. The fourth-order valence-corrected chi connectivity index (χ4v) is 4.81. The smallest absolute Gasteiger partial charge is 0.327 e. The van der Waals surface area contributed by atoms with Crippen molar-refractivity contribution in [3.05, 3.63) is 73.0 Å². The number of anilines is 3. The van der Waals surface area contributed by atoms with E-state index in [1.807, 2.05) is 54.5 Å². The molecular weight excluding hydrogens is 428 g/mol. The number of carbonyl (C=O) groups is 1. The third-order valence-corrected chi connectivity index (χ3v) is 6.47. The number of benzene rings is 1. The number of amides is 2. The van der Waals surface area contributed by atoms with Crippen LogP contribution in [0.15, 0.2) is 71.9 Å². The number of rotatable bonds is 3. The van der Waals surface area contributed by atoms with E-state index >= 15 is 0 Å². The number of oxazole rings is 1. The summed E-state index contributed by atoms with van der Waals surface area (Å²) in [5, 5.41) is 3.09. The van der Waals surface area contributed by atoms with Crippen molar-refractivity contribution in [2.75, 3.05) is 28.2 Å². The third kappa shape index (κ3) is 3.67. The van der Waals surface area contributed by atoms with E-state index in [0.29, 0.717) is 17.3 Å². The summed E-state index contributed by atoms with van der Waals surface area (Å²) in [5.74, 6) is 1.35. The molecule has 0 aliphatic carbocycles. The van der Waals surface area contributed by atoms with E-state index in [1.165, 1.54) is 6.39 Å². The second kappa shape index (κ2) is 8.30. The fraction of sp³-hybridized carbons (Fsp3) is 0.231. The minimum absolute atomic E-state index is 0.0911. The van der Waals surface area contributed by atoms with Gasteiger partial charge in [-0.1, -0.05) is 12.1 Å². The highest BCUT2D eigenvalue weighted by atomic mass is 16.3. The molecule has 0 atom stereocenters. The molecule has 0 unspecified atom stereocenters. The van der Waals surface area contributed by atoms with E-state index in [-0.39, 0.29) is 12.1 Å². The van der Waals surface area contributed by atoms with E-state index in [2.05, 4.69) is 32.3 Å². The van der Waals surface area contributed by atoms with Crippen molar-refractivity contribution < 1.29 is 9.21 Å². The van der Waals surface area contributed by atoms with Crippen molar-refractivity contribution in [1.29, 1.82) is 0 Å². The number of hydrogen-bond donors (Lipinski definition) is 1. The lowest BCUT2D eigenvalue weighted by atomic mass is 10.1. The number of piperidine rings is 1. The van der Waals surface area contributed by atoms with Gasteiger partial charge in [0.25, 0.3) is 0 Å². The molecule has 8 nitrogen and oxygen atoms in total. The second-order valence-electron chi connectivity index (χ2n) is 8.76. The molecule has 0 radical (unpaired) electrons. The topological polar surface area (TPSA) is 87.4 Å². The van der Waals surface area contributed by atoms with Gasteiger partial charge in [-0.25, -0.2) is 14.8 Å².